The molecule has 2 aromatic heterocycles. The molecule has 1 aliphatic heterocycles. The van der Waals surface area contributed by atoms with Gasteiger partial charge in [0.25, 0.3) is 0 Å². The number of aryl methyl sites for hydroxylation is 2. The maximum absolute atomic E-state index is 5.57. The molecular weight excluding hydrogens is 352 g/mol. The summed E-state index contributed by atoms with van der Waals surface area (Å²) < 4.78 is 2.32. The molecule has 3 heterocycles. The highest BCUT2D eigenvalue weighted by molar-refractivity contribution is 7.80. The maximum Gasteiger partial charge on any atom is 0.169 e. The van der Waals surface area contributed by atoms with Crippen LogP contribution in [0.2, 0.25) is 0 Å². The third-order valence-electron chi connectivity index (χ3n) is 5.42. The predicted molar refractivity (Wildman–Crippen MR) is 113 cm³/mol. The van der Waals surface area contributed by atoms with Crippen molar-refractivity contribution in [2.45, 2.75) is 32.9 Å². The number of hydrogen-bond donors (Lipinski definition) is 1. The van der Waals surface area contributed by atoms with E-state index in [0.717, 1.165) is 10.8 Å². The van der Waals surface area contributed by atoms with Gasteiger partial charge in [-0.1, -0.05) is 23.8 Å². The van der Waals surface area contributed by atoms with Crippen LogP contribution in [0.1, 0.15) is 40.3 Å². The van der Waals surface area contributed by atoms with Crippen LogP contribution in [0.15, 0.2) is 54.7 Å². The Balaban J connectivity index is 1.81. The van der Waals surface area contributed by atoms with Gasteiger partial charge in [-0.15, -0.1) is 0 Å². The summed E-state index contributed by atoms with van der Waals surface area (Å²) in [6.45, 7) is 6.46. The van der Waals surface area contributed by atoms with Gasteiger partial charge in [0.05, 0.1) is 17.8 Å². The molecule has 0 bridgehead atoms. The SMILES string of the molecule is Cc1ccc(-n2c(C)cc(C3C(c4ccccn4)NC(=S)N3C)c2C)cc1. The summed E-state index contributed by atoms with van der Waals surface area (Å²) >= 11 is 5.57. The third kappa shape index (κ3) is 3.02. The standard InChI is InChI=1S/C22H24N4S/c1-14-8-10-17(11-9-14)26-15(2)13-18(16(26)3)21-20(24-22(27)25(21)4)19-7-5-6-12-23-19/h5-13,20-21H,1-4H3,(H,24,27). The zero-order valence-corrected chi connectivity index (χ0v) is 16.9. The molecule has 3 aromatic rings. The number of likely N-dealkylation sites (N-methyl/N-ethyl adjacent to an activating group) is 1. The number of rotatable bonds is 3. The van der Waals surface area contributed by atoms with Crippen LogP contribution >= 0.6 is 12.2 Å². The molecule has 1 N–H and O–H groups in total. The number of thiocarbonyl (C=S) groups is 1. The minimum atomic E-state index is 0.0377. The molecule has 27 heavy (non-hydrogen) atoms. The molecule has 0 saturated carbocycles. The van der Waals surface area contributed by atoms with Crippen molar-refractivity contribution in [3.63, 3.8) is 0 Å². The molecule has 4 nitrogen and oxygen atoms in total. The fourth-order valence-electron chi connectivity index (χ4n) is 4.03. The fraction of sp³-hybridized carbons (Fsp3) is 0.273. The number of pyridine rings is 1. The minimum Gasteiger partial charge on any atom is -0.352 e. The first-order chi connectivity index (χ1) is 13.0. The lowest BCUT2D eigenvalue weighted by molar-refractivity contribution is 0.367. The molecule has 0 aliphatic carbocycles. The van der Waals surface area contributed by atoms with Crippen LogP contribution in [0.4, 0.5) is 0 Å². The Morgan fingerprint density at radius 3 is 2.44 bits per heavy atom. The Hall–Kier alpha value is -2.66. The Morgan fingerprint density at radius 1 is 1.04 bits per heavy atom. The highest BCUT2D eigenvalue weighted by atomic mass is 32.1. The smallest absolute Gasteiger partial charge is 0.169 e. The van der Waals surface area contributed by atoms with Crippen LogP contribution in [-0.2, 0) is 0 Å². The lowest BCUT2D eigenvalue weighted by Crippen LogP contribution is -2.25. The Bertz CT molecular complexity index is 976. The average molecular weight is 377 g/mol. The Morgan fingerprint density at radius 2 is 1.78 bits per heavy atom. The number of aromatic nitrogens is 2. The average Bonchev–Trinajstić information content (AvgIpc) is 3.12. The second-order valence-corrected chi connectivity index (χ2v) is 7.62. The molecular formula is C22H24N4S. The highest BCUT2D eigenvalue weighted by Gasteiger charge is 2.39. The molecule has 1 aromatic carbocycles. The van der Waals surface area contributed by atoms with Crippen LogP contribution < -0.4 is 5.32 Å². The van der Waals surface area contributed by atoms with E-state index in [1.54, 1.807) is 0 Å². The molecule has 1 saturated heterocycles. The normalized spacial score (nSPS) is 19.4. The van der Waals surface area contributed by atoms with Gasteiger partial charge in [0, 0.05) is 30.3 Å². The van der Waals surface area contributed by atoms with Gasteiger partial charge in [-0.2, -0.15) is 0 Å². The summed E-state index contributed by atoms with van der Waals surface area (Å²) in [5.41, 5.74) is 7.19. The molecule has 4 rings (SSSR count). The van der Waals surface area contributed by atoms with E-state index in [4.69, 9.17) is 12.2 Å². The van der Waals surface area contributed by atoms with E-state index in [2.05, 4.69) is 84.0 Å². The van der Waals surface area contributed by atoms with E-state index in [0.29, 0.717) is 0 Å². The summed E-state index contributed by atoms with van der Waals surface area (Å²) in [7, 11) is 2.06. The van der Waals surface area contributed by atoms with E-state index in [1.165, 1.54) is 28.2 Å². The zero-order valence-electron chi connectivity index (χ0n) is 16.1. The van der Waals surface area contributed by atoms with Gasteiger partial charge < -0.3 is 14.8 Å². The van der Waals surface area contributed by atoms with E-state index < -0.39 is 0 Å². The van der Waals surface area contributed by atoms with Crippen molar-refractivity contribution >= 4 is 17.3 Å². The molecule has 2 unspecified atom stereocenters. The van der Waals surface area contributed by atoms with E-state index >= 15 is 0 Å². The monoisotopic (exact) mass is 376 g/mol. The summed E-state index contributed by atoms with van der Waals surface area (Å²) in [6, 6.07) is 17.1. The van der Waals surface area contributed by atoms with Gasteiger partial charge in [0.2, 0.25) is 0 Å². The van der Waals surface area contributed by atoms with Crippen molar-refractivity contribution < 1.29 is 0 Å². The van der Waals surface area contributed by atoms with E-state index in [1.807, 2.05) is 18.3 Å². The quantitative estimate of drug-likeness (QED) is 0.687. The first-order valence-electron chi connectivity index (χ1n) is 9.17. The Labute approximate surface area is 165 Å². The number of hydrogen-bond acceptors (Lipinski definition) is 2. The van der Waals surface area contributed by atoms with Gasteiger partial charge >= 0.3 is 0 Å². The molecule has 0 spiro atoms. The lowest BCUT2D eigenvalue weighted by atomic mass is 9.97. The summed E-state index contributed by atoms with van der Waals surface area (Å²) in [5.74, 6) is 0. The summed E-state index contributed by atoms with van der Waals surface area (Å²) in [6.07, 6.45) is 1.84. The molecule has 1 aliphatic rings. The third-order valence-corrected chi connectivity index (χ3v) is 5.83. The molecule has 2 atom stereocenters. The van der Waals surface area contributed by atoms with Gasteiger partial charge in [0.1, 0.15) is 0 Å². The molecule has 0 amide bonds. The van der Waals surface area contributed by atoms with E-state index in [9.17, 15) is 0 Å². The lowest BCUT2D eigenvalue weighted by Gasteiger charge is -2.24. The molecule has 0 radical (unpaired) electrons. The fourth-order valence-corrected chi connectivity index (χ4v) is 4.27. The molecule has 5 heteroatoms. The van der Waals surface area contributed by atoms with Crippen molar-refractivity contribution in [1.82, 2.24) is 19.8 Å². The maximum atomic E-state index is 5.57. The topological polar surface area (TPSA) is 33.1 Å². The van der Waals surface area contributed by atoms with Gasteiger partial charge in [-0.3, -0.25) is 4.98 Å². The van der Waals surface area contributed by atoms with Gasteiger partial charge in [0.15, 0.2) is 5.11 Å². The van der Waals surface area contributed by atoms with Crippen LogP contribution in [0, 0.1) is 20.8 Å². The van der Waals surface area contributed by atoms with Crippen LogP contribution in [0.5, 0.6) is 0 Å². The largest absolute Gasteiger partial charge is 0.352 e. The Kier molecular flexibility index (Phi) is 4.48. The van der Waals surface area contributed by atoms with Crippen molar-refractivity contribution in [2.75, 3.05) is 7.05 Å². The number of nitrogens with zero attached hydrogens (tertiary/aromatic N) is 3. The van der Waals surface area contributed by atoms with Crippen molar-refractivity contribution in [3.05, 3.63) is 82.9 Å². The minimum absolute atomic E-state index is 0.0377. The summed E-state index contributed by atoms with van der Waals surface area (Å²) in [5, 5.41) is 4.22. The number of benzene rings is 1. The second-order valence-electron chi connectivity index (χ2n) is 7.23. The number of nitrogens with one attached hydrogen (secondary N) is 1. The van der Waals surface area contributed by atoms with Crippen molar-refractivity contribution in [1.29, 1.82) is 0 Å². The zero-order chi connectivity index (χ0) is 19.1. The van der Waals surface area contributed by atoms with Gasteiger partial charge in [-0.25, -0.2) is 0 Å². The second kappa shape index (κ2) is 6.82. The van der Waals surface area contributed by atoms with Crippen LogP contribution in [0.3, 0.4) is 0 Å². The molecule has 138 valence electrons. The molecule has 1 fully saturated rings. The predicted octanol–water partition coefficient (Wildman–Crippen LogP) is 4.40. The van der Waals surface area contributed by atoms with E-state index in [-0.39, 0.29) is 12.1 Å². The van der Waals surface area contributed by atoms with Gasteiger partial charge in [-0.05, 0) is 68.9 Å². The summed E-state index contributed by atoms with van der Waals surface area (Å²) in [4.78, 5) is 6.73. The van der Waals surface area contributed by atoms with Crippen LogP contribution in [-0.4, -0.2) is 26.6 Å². The first kappa shape index (κ1) is 17.7. The highest BCUT2D eigenvalue weighted by Crippen LogP contribution is 2.40. The first-order valence-corrected chi connectivity index (χ1v) is 9.58. The van der Waals surface area contributed by atoms with Crippen molar-refractivity contribution in [2.24, 2.45) is 0 Å². The van der Waals surface area contributed by atoms with Crippen molar-refractivity contribution in [3.8, 4) is 5.69 Å². The van der Waals surface area contributed by atoms with Crippen LogP contribution in [0.25, 0.3) is 5.69 Å².